The first-order valence-corrected chi connectivity index (χ1v) is 6.40. The third-order valence-corrected chi connectivity index (χ3v) is 2.86. The molecule has 0 saturated heterocycles. The molecule has 0 N–H and O–H groups in total. The normalized spacial score (nSPS) is 13.3. The Morgan fingerprint density at radius 2 is 1.91 bits per heavy atom. The molecule has 0 amide bonds. The number of Topliss-reactive ketones (excluding diaryl/α,β-unsaturated/α-hetero) is 1. The second-order valence-electron chi connectivity index (χ2n) is 3.95. The maximum Gasteiger partial charge on any atom is 0.525 e. The largest absolute Gasteiger partial charge is 0.525 e. The van der Waals surface area contributed by atoms with Gasteiger partial charge < -0.3 is 4.74 Å². The lowest BCUT2D eigenvalue weighted by molar-refractivity contribution is -0.411. The highest BCUT2D eigenvalue weighted by molar-refractivity contribution is 9.10. The van der Waals surface area contributed by atoms with Crippen LogP contribution in [0.3, 0.4) is 0 Å². The highest BCUT2D eigenvalue weighted by Crippen LogP contribution is 2.35. The van der Waals surface area contributed by atoms with Gasteiger partial charge in [-0.25, -0.2) is 9.13 Å². The Balaban J connectivity index is 2.92. The Morgan fingerprint density at radius 1 is 1.30 bits per heavy atom. The van der Waals surface area contributed by atoms with Crippen molar-refractivity contribution in [1.82, 2.24) is 0 Å². The summed E-state index contributed by atoms with van der Waals surface area (Å²) < 4.78 is 80.8. The molecule has 0 radical (unpaired) electrons. The Morgan fingerprint density at radius 3 is 2.39 bits per heavy atom. The first kappa shape index (κ1) is 19.2. The fraction of sp³-hybridized carbons (Fsp3) is 0.333. The lowest BCUT2D eigenvalue weighted by atomic mass is 10.1. The van der Waals surface area contributed by atoms with Crippen LogP contribution in [0.5, 0.6) is 5.75 Å². The van der Waals surface area contributed by atoms with Gasteiger partial charge in [-0.1, -0.05) is 0 Å². The molecular weight excluding hydrogens is 400 g/mol. The number of hydrogen-bond acceptors (Lipinski definition) is 4. The maximum absolute atomic E-state index is 13.2. The summed E-state index contributed by atoms with van der Waals surface area (Å²) in [5.41, 5.74) is -0.0302. The zero-order chi connectivity index (χ0) is 17.8. The van der Waals surface area contributed by atoms with Crippen molar-refractivity contribution in [1.29, 1.82) is 5.26 Å². The second-order valence-corrected chi connectivity index (χ2v) is 4.80. The molecule has 0 spiro atoms. The van der Waals surface area contributed by atoms with E-state index in [-0.39, 0.29) is 10.0 Å². The van der Waals surface area contributed by atoms with Gasteiger partial charge in [0, 0.05) is 5.56 Å². The van der Waals surface area contributed by atoms with E-state index in [1.807, 2.05) is 0 Å². The van der Waals surface area contributed by atoms with Crippen LogP contribution in [0.25, 0.3) is 0 Å². The first-order chi connectivity index (χ1) is 10.5. The van der Waals surface area contributed by atoms with E-state index in [9.17, 15) is 31.1 Å². The Bertz CT molecular complexity index is 628. The van der Waals surface area contributed by atoms with E-state index < -0.39 is 36.8 Å². The van der Waals surface area contributed by atoms with Crippen LogP contribution in [-0.2, 0) is 4.74 Å². The number of ether oxygens (including phenoxy) is 2. The predicted molar refractivity (Wildman–Crippen MR) is 66.3 cm³/mol. The van der Waals surface area contributed by atoms with Gasteiger partial charge in [-0.3, -0.25) is 4.79 Å². The molecule has 11 heteroatoms. The number of halogens is 7. The minimum absolute atomic E-state index is 0.0302. The molecule has 0 saturated carbocycles. The van der Waals surface area contributed by atoms with Crippen LogP contribution in [0, 0.1) is 11.3 Å². The summed E-state index contributed by atoms with van der Waals surface area (Å²) in [6.45, 7) is 0. The van der Waals surface area contributed by atoms with E-state index in [0.717, 1.165) is 18.2 Å². The Labute approximate surface area is 133 Å². The summed E-state index contributed by atoms with van der Waals surface area (Å²) in [6.07, 6.45) is -15.1. The summed E-state index contributed by atoms with van der Waals surface area (Å²) in [7, 11) is 0. The standard InChI is InChI=1S/C12H6BrF6NO3/c13-7-5-6(8(21)3-4-20)1-2-9(7)22-11(15,16)10(14)23-12(17,18)19/h1-2,5,10H,3H2. The molecule has 0 bridgehead atoms. The molecule has 0 aliphatic carbocycles. The van der Waals surface area contributed by atoms with Crippen molar-refractivity contribution in [2.24, 2.45) is 0 Å². The summed E-state index contributed by atoms with van der Waals surface area (Å²) >= 11 is 2.75. The molecule has 0 heterocycles. The van der Waals surface area contributed by atoms with Gasteiger partial charge in [-0.05, 0) is 34.1 Å². The van der Waals surface area contributed by atoms with Gasteiger partial charge in [0.2, 0.25) is 0 Å². The summed E-state index contributed by atoms with van der Waals surface area (Å²) in [4.78, 5) is 11.4. The first-order valence-electron chi connectivity index (χ1n) is 5.61. The van der Waals surface area contributed by atoms with Gasteiger partial charge in [0.05, 0.1) is 17.0 Å². The monoisotopic (exact) mass is 405 g/mol. The average molecular weight is 406 g/mol. The van der Waals surface area contributed by atoms with E-state index in [2.05, 4.69) is 25.4 Å². The lowest BCUT2D eigenvalue weighted by Gasteiger charge is -2.22. The predicted octanol–water partition coefficient (Wildman–Crippen LogP) is 4.35. The molecule has 23 heavy (non-hydrogen) atoms. The Hall–Kier alpha value is -1.80. The minimum Gasteiger partial charge on any atom is -0.427 e. The van der Waals surface area contributed by atoms with E-state index in [1.54, 1.807) is 6.07 Å². The Kier molecular flexibility index (Phi) is 6.01. The van der Waals surface area contributed by atoms with E-state index >= 15 is 0 Å². The van der Waals surface area contributed by atoms with Gasteiger partial charge in [-0.2, -0.15) is 14.0 Å². The molecule has 1 atom stereocenters. The number of rotatable bonds is 6. The molecule has 0 aromatic heterocycles. The highest BCUT2D eigenvalue weighted by Gasteiger charge is 2.50. The van der Waals surface area contributed by atoms with E-state index in [0.29, 0.717) is 0 Å². The third kappa shape index (κ3) is 5.72. The molecule has 0 aliphatic rings. The van der Waals surface area contributed by atoms with Crippen molar-refractivity contribution in [2.75, 3.05) is 0 Å². The molecule has 0 fully saturated rings. The zero-order valence-corrected chi connectivity index (χ0v) is 12.4. The van der Waals surface area contributed by atoms with Gasteiger partial charge in [0.25, 0.3) is 0 Å². The van der Waals surface area contributed by atoms with Crippen LogP contribution < -0.4 is 4.74 Å². The van der Waals surface area contributed by atoms with Crippen LogP contribution in [0.15, 0.2) is 22.7 Å². The van der Waals surface area contributed by atoms with Crippen molar-refractivity contribution in [3.05, 3.63) is 28.2 Å². The number of hydrogen-bond donors (Lipinski definition) is 0. The number of ketones is 1. The summed E-state index contributed by atoms with van der Waals surface area (Å²) in [5, 5.41) is 8.37. The van der Waals surface area contributed by atoms with Crippen LogP contribution in [-0.4, -0.2) is 24.6 Å². The van der Waals surface area contributed by atoms with Crippen molar-refractivity contribution in [3.63, 3.8) is 0 Å². The topological polar surface area (TPSA) is 59.3 Å². The van der Waals surface area contributed by atoms with Gasteiger partial charge in [0.1, 0.15) is 5.75 Å². The quantitative estimate of drug-likeness (QED) is 0.521. The number of nitrogens with zero attached hydrogens (tertiary/aromatic N) is 1. The molecule has 1 aromatic rings. The third-order valence-electron chi connectivity index (χ3n) is 2.24. The molecule has 1 rings (SSSR count). The fourth-order valence-corrected chi connectivity index (χ4v) is 1.77. The molecule has 4 nitrogen and oxygen atoms in total. The smallest absolute Gasteiger partial charge is 0.427 e. The zero-order valence-electron chi connectivity index (χ0n) is 10.8. The van der Waals surface area contributed by atoms with Gasteiger partial charge in [-0.15, -0.1) is 13.2 Å². The molecule has 0 aliphatic heterocycles. The molecular formula is C12H6BrF6NO3. The number of nitriles is 1. The SMILES string of the molecule is N#CCC(=O)c1ccc(OC(F)(F)C(F)OC(F)(F)F)c(Br)c1. The number of carbonyl (C=O) groups is 1. The van der Waals surface area contributed by atoms with Crippen molar-refractivity contribution >= 4 is 21.7 Å². The van der Waals surface area contributed by atoms with Crippen LogP contribution >= 0.6 is 15.9 Å². The van der Waals surface area contributed by atoms with Gasteiger partial charge >= 0.3 is 18.8 Å². The van der Waals surface area contributed by atoms with Crippen molar-refractivity contribution in [2.45, 2.75) is 25.2 Å². The van der Waals surface area contributed by atoms with E-state index in [4.69, 9.17) is 5.26 Å². The fourth-order valence-electron chi connectivity index (χ4n) is 1.31. The number of benzene rings is 1. The second kappa shape index (κ2) is 7.18. The maximum atomic E-state index is 13.2. The number of alkyl halides is 6. The van der Waals surface area contributed by atoms with Gasteiger partial charge in [0.15, 0.2) is 5.78 Å². The van der Waals surface area contributed by atoms with Crippen LogP contribution in [0.1, 0.15) is 16.8 Å². The molecule has 1 aromatic carbocycles. The van der Waals surface area contributed by atoms with E-state index in [1.165, 1.54) is 0 Å². The summed E-state index contributed by atoms with van der Waals surface area (Å²) in [5.74, 6) is -1.34. The molecule has 1 unspecified atom stereocenters. The number of carbonyl (C=O) groups excluding carboxylic acids is 1. The highest BCUT2D eigenvalue weighted by atomic mass is 79.9. The van der Waals surface area contributed by atoms with Crippen molar-refractivity contribution < 1.29 is 40.6 Å². The average Bonchev–Trinajstić information content (AvgIpc) is 2.39. The van der Waals surface area contributed by atoms with Crippen LogP contribution in [0.2, 0.25) is 0 Å². The lowest BCUT2D eigenvalue weighted by Crippen LogP contribution is -2.41. The molecule has 126 valence electrons. The van der Waals surface area contributed by atoms with Crippen molar-refractivity contribution in [3.8, 4) is 11.8 Å². The summed E-state index contributed by atoms with van der Waals surface area (Å²) in [6, 6.07) is 4.39. The van der Waals surface area contributed by atoms with Crippen LogP contribution in [0.4, 0.5) is 26.3 Å². The minimum atomic E-state index is -5.61.